The van der Waals surface area contributed by atoms with Gasteiger partial charge in [-0.2, -0.15) is 0 Å². The van der Waals surface area contributed by atoms with Gasteiger partial charge in [0.05, 0.1) is 6.54 Å². The molecule has 1 atom stereocenters. The van der Waals surface area contributed by atoms with Gasteiger partial charge >= 0.3 is 5.97 Å². The molecule has 1 aromatic heterocycles. The number of carboxylic acids is 1. The van der Waals surface area contributed by atoms with Crippen LogP contribution >= 0.6 is 0 Å². The Labute approximate surface area is 126 Å². The van der Waals surface area contributed by atoms with Crippen LogP contribution in [0, 0.1) is 6.92 Å². The summed E-state index contributed by atoms with van der Waals surface area (Å²) in [5.74, 6) is -1.43. The van der Waals surface area contributed by atoms with E-state index in [1.807, 2.05) is 6.07 Å². The number of carbonyl (C=O) groups is 2. The minimum absolute atomic E-state index is 0.0462. The molecule has 1 amide bonds. The summed E-state index contributed by atoms with van der Waals surface area (Å²) in [7, 11) is 0. The number of aliphatic hydroxyl groups is 1. The zero-order chi connectivity index (χ0) is 16.3. The van der Waals surface area contributed by atoms with Gasteiger partial charge in [-0.15, -0.1) is 0 Å². The van der Waals surface area contributed by atoms with Gasteiger partial charge in [0.2, 0.25) is 0 Å². The molecular formula is C15H16N2O5. The van der Waals surface area contributed by atoms with Crippen molar-refractivity contribution in [2.75, 3.05) is 6.54 Å². The van der Waals surface area contributed by atoms with E-state index >= 15 is 0 Å². The number of amides is 1. The largest absolute Gasteiger partial charge is 0.479 e. The topological polar surface area (TPSA) is 113 Å². The highest BCUT2D eigenvalue weighted by Crippen LogP contribution is 2.24. The van der Waals surface area contributed by atoms with Gasteiger partial charge in [0.1, 0.15) is 0 Å². The van der Waals surface area contributed by atoms with Crippen molar-refractivity contribution >= 4 is 11.9 Å². The molecule has 1 heterocycles. The van der Waals surface area contributed by atoms with Crippen molar-refractivity contribution in [1.82, 2.24) is 10.3 Å². The number of nitrogens with one attached hydrogen (secondary N) is 1. The van der Waals surface area contributed by atoms with Gasteiger partial charge in [-0.1, -0.05) is 30.3 Å². The van der Waals surface area contributed by atoms with Gasteiger partial charge in [0, 0.05) is 12.5 Å². The fraction of sp³-hybridized carbons (Fsp3) is 0.267. The molecule has 7 heteroatoms. The maximum Gasteiger partial charge on any atom is 0.337 e. The first-order valence-electron chi connectivity index (χ1n) is 6.58. The van der Waals surface area contributed by atoms with Crippen LogP contribution < -0.4 is 5.32 Å². The summed E-state index contributed by atoms with van der Waals surface area (Å²) in [4.78, 5) is 27.0. The van der Waals surface area contributed by atoms with E-state index in [0.29, 0.717) is 17.2 Å². The lowest BCUT2D eigenvalue weighted by Gasteiger charge is -2.17. The highest BCUT2D eigenvalue weighted by atomic mass is 16.4. The molecule has 1 unspecified atom stereocenters. The fourth-order valence-electron chi connectivity index (χ4n) is 1.78. The Balaban J connectivity index is 2.23. The molecular weight excluding hydrogens is 288 g/mol. The predicted octanol–water partition coefficient (Wildman–Crippen LogP) is 1.22. The predicted molar refractivity (Wildman–Crippen MR) is 77.3 cm³/mol. The number of aliphatic carboxylic acids is 1. The minimum Gasteiger partial charge on any atom is -0.479 e. The van der Waals surface area contributed by atoms with Crippen molar-refractivity contribution in [3.8, 4) is 11.3 Å². The molecule has 0 aliphatic rings. The van der Waals surface area contributed by atoms with Gasteiger partial charge in [-0.3, -0.25) is 4.79 Å². The van der Waals surface area contributed by atoms with Crippen LogP contribution in [0.3, 0.4) is 0 Å². The molecule has 7 nitrogen and oxygen atoms in total. The molecule has 0 radical (unpaired) electrons. The summed E-state index contributed by atoms with van der Waals surface area (Å²) in [6.07, 6.45) is 0. The quantitative estimate of drug-likeness (QED) is 0.765. The van der Waals surface area contributed by atoms with Crippen LogP contribution in [0.5, 0.6) is 0 Å². The third-order valence-electron chi connectivity index (χ3n) is 3.04. The molecule has 0 saturated heterocycles. The average molecular weight is 304 g/mol. The summed E-state index contributed by atoms with van der Waals surface area (Å²) >= 11 is 0. The monoisotopic (exact) mass is 304 g/mol. The summed E-state index contributed by atoms with van der Waals surface area (Å²) in [5.41, 5.74) is -1.33. The zero-order valence-corrected chi connectivity index (χ0v) is 12.2. The minimum atomic E-state index is -2.05. The van der Waals surface area contributed by atoms with Crippen molar-refractivity contribution in [2.24, 2.45) is 0 Å². The highest BCUT2D eigenvalue weighted by molar-refractivity contribution is 5.98. The third-order valence-corrected chi connectivity index (χ3v) is 3.04. The van der Waals surface area contributed by atoms with E-state index in [2.05, 4.69) is 10.3 Å². The molecule has 3 N–H and O–H groups in total. The van der Waals surface area contributed by atoms with Crippen molar-refractivity contribution in [2.45, 2.75) is 19.4 Å². The van der Waals surface area contributed by atoms with Gasteiger partial charge in [0.15, 0.2) is 22.9 Å². The van der Waals surface area contributed by atoms with Crippen molar-refractivity contribution < 1.29 is 24.2 Å². The number of rotatable bonds is 5. The van der Waals surface area contributed by atoms with Crippen LogP contribution in [0.2, 0.25) is 0 Å². The van der Waals surface area contributed by atoms with Crippen LogP contribution in [0.25, 0.3) is 11.3 Å². The molecule has 22 heavy (non-hydrogen) atoms. The summed E-state index contributed by atoms with van der Waals surface area (Å²) < 4.78 is 5.45. The Morgan fingerprint density at radius 3 is 2.55 bits per heavy atom. The average Bonchev–Trinajstić information content (AvgIpc) is 2.87. The molecule has 0 aliphatic heterocycles. The number of hydrogen-bond donors (Lipinski definition) is 3. The smallest absolute Gasteiger partial charge is 0.337 e. The Hall–Kier alpha value is -2.67. The molecule has 0 spiro atoms. The molecule has 2 aromatic rings. The first-order chi connectivity index (χ1) is 10.3. The van der Waals surface area contributed by atoms with E-state index in [9.17, 15) is 14.7 Å². The molecule has 0 saturated carbocycles. The Kier molecular flexibility index (Phi) is 4.27. The maximum atomic E-state index is 12.2. The number of benzene rings is 1. The van der Waals surface area contributed by atoms with Gasteiger partial charge < -0.3 is 19.9 Å². The van der Waals surface area contributed by atoms with Gasteiger partial charge in [-0.25, -0.2) is 9.78 Å². The zero-order valence-electron chi connectivity index (χ0n) is 12.2. The maximum absolute atomic E-state index is 12.2. The van der Waals surface area contributed by atoms with E-state index in [1.165, 1.54) is 0 Å². The molecule has 1 aromatic carbocycles. The SMILES string of the molecule is Cc1nc(C(=O)NCC(C)(O)C(=O)O)c(-c2ccccc2)o1. The number of oxazole rings is 1. The standard InChI is InChI=1S/C15H16N2O5/c1-9-17-11(12(22-9)10-6-4-3-5-7-10)13(18)16-8-15(2,21)14(19)20/h3-7,21H,8H2,1-2H3,(H,16,18)(H,19,20). The summed E-state index contributed by atoms with van der Waals surface area (Å²) in [6, 6.07) is 8.96. The van der Waals surface area contributed by atoms with E-state index in [4.69, 9.17) is 9.52 Å². The second-order valence-electron chi connectivity index (χ2n) is 5.04. The number of nitrogens with zero attached hydrogens (tertiary/aromatic N) is 1. The van der Waals surface area contributed by atoms with E-state index in [1.54, 1.807) is 31.2 Å². The van der Waals surface area contributed by atoms with Gasteiger partial charge in [0.25, 0.3) is 5.91 Å². The number of aromatic nitrogens is 1. The highest BCUT2D eigenvalue weighted by Gasteiger charge is 2.31. The third kappa shape index (κ3) is 3.32. The van der Waals surface area contributed by atoms with Crippen LogP contribution in [0.4, 0.5) is 0 Å². The lowest BCUT2D eigenvalue weighted by atomic mass is 10.1. The van der Waals surface area contributed by atoms with Crippen LogP contribution in [-0.4, -0.2) is 39.2 Å². The number of carboxylic acid groups (broad SMARTS) is 1. The normalized spacial score (nSPS) is 13.4. The molecule has 2 rings (SSSR count). The molecule has 116 valence electrons. The lowest BCUT2D eigenvalue weighted by molar-refractivity contribution is -0.155. The molecule has 0 aliphatic carbocycles. The van der Waals surface area contributed by atoms with E-state index in [0.717, 1.165) is 6.92 Å². The molecule has 0 bridgehead atoms. The fourth-order valence-corrected chi connectivity index (χ4v) is 1.78. The van der Waals surface area contributed by atoms with Crippen molar-refractivity contribution in [1.29, 1.82) is 0 Å². The van der Waals surface area contributed by atoms with Crippen LogP contribution in [0.1, 0.15) is 23.3 Å². The Morgan fingerprint density at radius 2 is 1.95 bits per heavy atom. The number of hydrogen-bond acceptors (Lipinski definition) is 5. The van der Waals surface area contributed by atoms with Crippen molar-refractivity contribution in [3.05, 3.63) is 41.9 Å². The van der Waals surface area contributed by atoms with Gasteiger partial charge in [-0.05, 0) is 6.92 Å². The summed E-state index contributed by atoms with van der Waals surface area (Å²) in [5, 5.41) is 20.8. The lowest BCUT2D eigenvalue weighted by Crippen LogP contribution is -2.46. The number of carbonyl (C=O) groups excluding carboxylic acids is 1. The first-order valence-corrected chi connectivity index (χ1v) is 6.58. The van der Waals surface area contributed by atoms with E-state index in [-0.39, 0.29) is 5.69 Å². The second kappa shape index (κ2) is 5.98. The first kappa shape index (κ1) is 15.7. The molecule has 0 fully saturated rings. The van der Waals surface area contributed by atoms with Crippen LogP contribution in [-0.2, 0) is 4.79 Å². The second-order valence-corrected chi connectivity index (χ2v) is 5.04. The summed E-state index contributed by atoms with van der Waals surface area (Å²) in [6.45, 7) is 2.26. The Morgan fingerprint density at radius 1 is 1.32 bits per heavy atom. The van der Waals surface area contributed by atoms with E-state index < -0.39 is 24.0 Å². The number of aryl methyl sites for hydroxylation is 1. The Bertz CT molecular complexity index is 691. The van der Waals surface area contributed by atoms with Crippen LogP contribution in [0.15, 0.2) is 34.7 Å². The van der Waals surface area contributed by atoms with Crippen molar-refractivity contribution in [3.63, 3.8) is 0 Å².